The van der Waals surface area contributed by atoms with Gasteiger partial charge in [0.15, 0.2) is 18.1 Å². The van der Waals surface area contributed by atoms with Gasteiger partial charge in [-0.3, -0.25) is 4.79 Å². The fraction of sp³-hybridized carbons (Fsp3) is 0.333. The third-order valence-electron chi connectivity index (χ3n) is 2.52. The molecule has 114 valence electrons. The molecule has 1 N–H and O–H groups in total. The van der Waals surface area contributed by atoms with E-state index in [0.717, 1.165) is 5.56 Å². The molecule has 0 saturated carbocycles. The minimum atomic E-state index is -0.590. The molecule has 0 bridgehead atoms. The smallest absolute Gasteiger partial charge is 0.331 e. The molecule has 1 rings (SSSR count). The third kappa shape index (κ3) is 5.56. The Hall–Kier alpha value is -2.50. The van der Waals surface area contributed by atoms with Crippen LogP contribution in [0.15, 0.2) is 24.3 Å². The van der Waals surface area contributed by atoms with Crippen LogP contribution in [-0.2, 0) is 14.3 Å². The highest BCUT2D eigenvalue weighted by molar-refractivity contribution is 5.89. The lowest BCUT2D eigenvalue weighted by Gasteiger charge is -2.09. The van der Waals surface area contributed by atoms with Crippen molar-refractivity contribution in [2.45, 2.75) is 6.92 Å². The maximum Gasteiger partial charge on any atom is 0.331 e. The number of amides is 1. The van der Waals surface area contributed by atoms with Crippen LogP contribution >= 0.6 is 0 Å². The molecule has 0 radical (unpaired) electrons. The molecule has 1 aromatic rings. The van der Waals surface area contributed by atoms with Crippen LogP contribution in [0.2, 0.25) is 0 Å². The van der Waals surface area contributed by atoms with Gasteiger partial charge >= 0.3 is 5.97 Å². The number of hydrogen-bond donors (Lipinski definition) is 1. The highest BCUT2D eigenvalue weighted by Gasteiger charge is 2.05. The molecular weight excluding hydrogens is 274 g/mol. The number of methoxy groups -OCH3 is 1. The SMILES string of the molecule is CCOc1cc(/C=C/C(=O)OCC(=O)NC)ccc1OC. The van der Waals surface area contributed by atoms with Crippen molar-refractivity contribution in [1.82, 2.24) is 5.32 Å². The first kappa shape index (κ1) is 16.6. The standard InChI is InChI=1S/C15H19NO5/c1-4-20-13-9-11(5-7-12(13)19-3)6-8-15(18)21-10-14(17)16-2/h5-9H,4,10H2,1-3H3,(H,16,17)/b8-6+. The minimum absolute atomic E-state index is 0.299. The number of carbonyl (C=O) groups excluding carboxylic acids is 2. The van der Waals surface area contributed by atoms with Gasteiger partial charge in [0.05, 0.1) is 13.7 Å². The normalized spacial score (nSPS) is 10.2. The predicted molar refractivity (Wildman–Crippen MR) is 78.2 cm³/mol. The van der Waals surface area contributed by atoms with E-state index < -0.39 is 5.97 Å². The molecule has 0 spiro atoms. The summed E-state index contributed by atoms with van der Waals surface area (Å²) in [5.41, 5.74) is 0.760. The van der Waals surface area contributed by atoms with Gasteiger partial charge in [-0.1, -0.05) is 6.07 Å². The van der Waals surface area contributed by atoms with E-state index in [4.69, 9.17) is 14.2 Å². The van der Waals surface area contributed by atoms with Gasteiger partial charge in [-0.15, -0.1) is 0 Å². The van der Waals surface area contributed by atoms with Gasteiger partial charge in [0.25, 0.3) is 5.91 Å². The van der Waals surface area contributed by atoms with Crippen LogP contribution < -0.4 is 14.8 Å². The van der Waals surface area contributed by atoms with Crippen molar-refractivity contribution >= 4 is 18.0 Å². The molecule has 0 atom stereocenters. The van der Waals surface area contributed by atoms with Crippen molar-refractivity contribution in [3.05, 3.63) is 29.8 Å². The lowest BCUT2D eigenvalue weighted by atomic mass is 10.2. The van der Waals surface area contributed by atoms with Crippen LogP contribution in [0, 0.1) is 0 Å². The van der Waals surface area contributed by atoms with E-state index in [1.54, 1.807) is 31.4 Å². The van der Waals surface area contributed by atoms with Crippen LogP contribution in [0.25, 0.3) is 6.08 Å². The zero-order valence-corrected chi connectivity index (χ0v) is 12.3. The van der Waals surface area contributed by atoms with E-state index in [1.807, 2.05) is 6.92 Å². The van der Waals surface area contributed by atoms with E-state index >= 15 is 0 Å². The number of esters is 1. The summed E-state index contributed by atoms with van der Waals surface area (Å²) in [5, 5.41) is 2.36. The van der Waals surface area contributed by atoms with E-state index in [0.29, 0.717) is 18.1 Å². The van der Waals surface area contributed by atoms with Gasteiger partial charge in [-0.05, 0) is 30.7 Å². The molecule has 0 aliphatic carbocycles. The average molecular weight is 293 g/mol. The Morgan fingerprint density at radius 2 is 2.05 bits per heavy atom. The van der Waals surface area contributed by atoms with E-state index in [9.17, 15) is 9.59 Å². The zero-order chi connectivity index (χ0) is 15.7. The number of hydrogen-bond acceptors (Lipinski definition) is 5. The van der Waals surface area contributed by atoms with Crippen LogP contribution in [0.5, 0.6) is 11.5 Å². The maximum absolute atomic E-state index is 11.4. The van der Waals surface area contributed by atoms with Crippen LogP contribution in [0.3, 0.4) is 0 Å². The van der Waals surface area contributed by atoms with E-state index in [-0.39, 0.29) is 12.5 Å². The molecule has 0 saturated heterocycles. The topological polar surface area (TPSA) is 73.9 Å². The molecule has 0 aliphatic rings. The molecule has 1 aromatic carbocycles. The summed E-state index contributed by atoms with van der Waals surface area (Å²) in [7, 11) is 3.03. The Labute approximate surface area is 123 Å². The summed E-state index contributed by atoms with van der Waals surface area (Å²) in [6, 6.07) is 5.29. The Bertz CT molecular complexity index is 525. The maximum atomic E-state index is 11.4. The quantitative estimate of drug-likeness (QED) is 0.607. The molecule has 0 aromatic heterocycles. The highest BCUT2D eigenvalue weighted by Crippen LogP contribution is 2.28. The summed E-state index contributed by atoms with van der Waals surface area (Å²) < 4.78 is 15.4. The first-order valence-corrected chi connectivity index (χ1v) is 6.47. The number of nitrogens with one attached hydrogen (secondary N) is 1. The van der Waals surface area contributed by atoms with Gasteiger partial charge in [0, 0.05) is 13.1 Å². The molecule has 1 amide bonds. The third-order valence-corrected chi connectivity index (χ3v) is 2.52. The number of carbonyl (C=O) groups is 2. The van der Waals surface area contributed by atoms with Crippen molar-refractivity contribution in [1.29, 1.82) is 0 Å². The van der Waals surface area contributed by atoms with Gasteiger partial charge in [0.1, 0.15) is 0 Å². The fourth-order valence-corrected chi connectivity index (χ4v) is 1.49. The minimum Gasteiger partial charge on any atom is -0.493 e. The van der Waals surface area contributed by atoms with Crippen LogP contribution in [0.4, 0.5) is 0 Å². The van der Waals surface area contributed by atoms with Crippen molar-refractivity contribution in [2.24, 2.45) is 0 Å². The summed E-state index contributed by atoms with van der Waals surface area (Å²) in [5.74, 6) is 0.268. The second kappa shape index (κ2) is 8.63. The number of likely N-dealkylation sites (N-methyl/N-ethyl adjacent to an activating group) is 1. The van der Waals surface area contributed by atoms with Gasteiger partial charge in [-0.25, -0.2) is 4.79 Å². The molecular formula is C15H19NO5. The second-order valence-corrected chi connectivity index (χ2v) is 3.96. The predicted octanol–water partition coefficient (Wildman–Crippen LogP) is 1.40. The van der Waals surface area contributed by atoms with E-state index in [1.165, 1.54) is 13.1 Å². The first-order valence-electron chi connectivity index (χ1n) is 6.47. The van der Waals surface area contributed by atoms with Crippen LogP contribution in [0.1, 0.15) is 12.5 Å². The Kier molecular flexibility index (Phi) is 6.80. The van der Waals surface area contributed by atoms with Crippen molar-refractivity contribution in [3.8, 4) is 11.5 Å². The van der Waals surface area contributed by atoms with Crippen LogP contribution in [-0.4, -0.2) is 39.2 Å². The molecule has 6 heteroatoms. The average Bonchev–Trinajstić information content (AvgIpc) is 2.51. The lowest BCUT2D eigenvalue weighted by Crippen LogP contribution is -2.24. The fourth-order valence-electron chi connectivity index (χ4n) is 1.49. The summed E-state index contributed by atoms with van der Waals surface area (Å²) in [4.78, 5) is 22.4. The molecule has 0 fully saturated rings. The number of ether oxygens (including phenoxy) is 3. The monoisotopic (exact) mass is 293 g/mol. The van der Waals surface area contributed by atoms with Gasteiger partial charge in [0.2, 0.25) is 0 Å². The summed E-state index contributed by atoms with van der Waals surface area (Å²) >= 11 is 0. The second-order valence-electron chi connectivity index (χ2n) is 3.96. The molecule has 0 aliphatic heterocycles. The number of benzene rings is 1. The Balaban J connectivity index is 2.69. The largest absolute Gasteiger partial charge is 0.493 e. The molecule has 0 heterocycles. The van der Waals surface area contributed by atoms with Crippen molar-refractivity contribution in [3.63, 3.8) is 0 Å². The summed E-state index contributed by atoms with van der Waals surface area (Å²) in [6.45, 7) is 2.09. The highest BCUT2D eigenvalue weighted by atomic mass is 16.5. The van der Waals surface area contributed by atoms with Gasteiger partial charge < -0.3 is 19.5 Å². The molecule has 21 heavy (non-hydrogen) atoms. The van der Waals surface area contributed by atoms with E-state index in [2.05, 4.69) is 5.32 Å². The lowest BCUT2D eigenvalue weighted by molar-refractivity contribution is -0.143. The zero-order valence-electron chi connectivity index (χ0n) is 12.3. The summed E-state index contributed by atoms with van der Waals surface area (Å²) in [6.07, 6.45) is 2.83. The Morgan fingerprint density at radius 1 is 1.29 bits per heavy atom. The van der Waals surface area contributed by atoms with Crippen molar-refractivity contribution < 1.29 is 23.8 Å². The van der Waals surface area contributed by atoms with Gasteiger partial charge in [-0.2, -0.15) is 0 Å². The molecule has 6 nitrogen and oxygen atoms in total. The number of rotatable bonds is 7. The first-order chi connectivity index (χ1) is 10.1. The Morgan fingerprint density at radius 3 is 2.67 bits per heavy atom. The van der Waals surface area contributed by atoms with Crippen molar-refractivity contribution in [2.75, 3.05) is 27.4 Å². The molecule has 0 unspecified atom stereocenters.